The Hall–Kier alpha value is -0.870. The van der Waals surface area contributed by atoms with Gasteiger partial charge in [-0.3, -0.25) is 4.90 Å². The van der Waals surface area contributed by atoms with Crippen LogP contribution in [0.3, 0.4) is 0 Å². The first-order valence-electron chi connectivity index (χ1n) is 5.64. The van der Waals surface area contributed by atoms with E-state index < -0.39 is 0 Å². The maximum absolute atomic E-state index is 8.79. The third kappa shape index (κ3) is 2.21. The van der Waals surface area contributed by atoms with Crippen LogP contribution in [0.5, 0.6) is 0 Å². The Kier molecular flexibility index (Phi) is 3.38. The minimum atomic E-state index is 0.122. The Morgan fingerprint density at radius 3 is 3.27 bits per heavy atom. The Labute approximate surface area is 89.9 Å². The molecular formula is C11H18N2O2. The van der Waals surface area contributed by atoms with Crippen LogP contribution in [-0.4, -0.2) is 34.7 Å². The zero-order valence-electron chi connectivity index (χ0n) is 9.15. The molecule has 1 aliphatic rings. The van der Waals surface area contributed by atoms with E-state index in [1.54, 1.807) is 6.20 Å². The smallest absolute Gasteiger partial charge is 0.211 e. The molecule has 1 saturated heterocycles. The number of aromatic nitrogens is 1. The molecule has 0 bridgehead atoms. The summed E-state index contributed by atoms with van der Waals surface area (Å²) in [4.78, 5) is 6.68. The largest absolute Gasteiger partial charge is 0.444 e. The van der Waals surface area contributed by atoms with Gasteiger partial charge in [0.2, 0.25) is 5.89 Å². The first kappa shape index (κ1) is 10.6. The van der Waals surface area contributed by atoms with Gasteiger partial charge in [0.05, 0.1) is 18.8 Å². The molecule has 4 heteroatoms. The van der Waals surface area contributed by atoms with E-state index in [0.29, 0.717) is 12.5 Å². The zero-order valence-corrected chi connectivity index (χ0v) is 9.15. The highest BCUT2D eigenvalue weighted by Crippen LogP contribution is 2.30. The molecule has 1 aliphatic heterocycles. The number of oxazole rings is 1. The molecule has 1 N–H and O–H groups in total. The van der Waals surface area contributed by atoms with Gasteiger partial charge in [-0.25, -0.2) is 4.98 Å². The molecule has 0 aliphatic carbocycles. The van der Waals surface area contributed by atoms with Crippen molar-refractivity contribution in [2.24, 2.45) is 0 Å². The number of rotatable bonds is 4. The van der Waals surface area contributed by atoms with Crippen molar-refractivity contribution in [1.82, 2.24) is 9.88 Å². The van der Waals surface area contributed by atoms with Gasteiger partial charge in [0.25, 0.3) is 0 Å². The van der Waals surface area contributed by atoms with Crippen molar-refractivity contribution in [3.05, 3.63) is 17.8 Å². The molecule has 15 heavy (non-hydrogen) atoms. The maximum atomic E-state index is 8.79. The molecule has 0 radical (unpaired) electrons. The summed E-state index contributed by atoms with van der Waals surface area (Å²) in [6, 6.07) is 0.349. The lowest BCUT2D eigenvalue weighted by Gasteiger charge is -2.19. The SMILES string of the molecule is CCN1CCCC1c1ncc(CCO)o1. The number of aliphatic hydroxyl groups excluding tert-OH is 1. The minimum absolute atomic E-state index is 0.122. The molecular weight excluding hydrogens is 192 g/mol. The summed E-state index contributed by atoms with van der Waals surface area (Å²) in [5, 5.41) is 8.79. The van der Waals surface area contributed by atoms with Crippen molar-refractivity contribution >= 4 is 0 Å². The first-order valence-corrected chi connectivity index (χ1v) is 5.64. The molecule has 0 spiro atoms. The second-order valence-corrected chi connectivity index (χ2v) is 3.93. The molecule has 4 nitrogen and oxygen atoms in total. The molecule has 1 aromatic rings. The van der Waals surface area contributed by atoms with Gasteiger partial charge in [-0.1, -0.05) is 6.92 Å². The summed E-state index contributed by atoms with van der Waals surface area (Å²) in [5.41, 5.74) is 0. The third-order valence-electron chi connectivity index (χ3n) is 2.98. The molecule has 0 saturated carbocycles. The van der Waals surface area contributed by atoms with Crippen LogP contribution >= 0.6 is 0 Å². The number of hydrogen-bond acceptors (Lipinski definition) is 4. The van der Waals surface area contributed by atoms with Gasteiger partial charge in [-0.05, 0) is 25.9 Å². The van der Waals surface area contributed by atoms with Crippen molar-refractivity contribution in [3.8, 4) is 0 Å². The lowest BCUT2D eigenvalue weighted by atomic mass is 10.2. The van der Waals surface area contributed by atoms with Gasteiger partial charge >= 0.3 is 0 Å². The van der Waals surface area contributed by atoms with Crippen LogP contribution < -0.4 is 0 Å². The van der Waals surface area contributed by atoms with Crippen molar-refractivity contribution in [1.29, 1.82) is 0 Å². The van der Waals surface area contributed by atoms with E-state index in [0.717, 1.165) is 31.2 Å². The topological polar surface area (TPSA) is 49.5 Å². The third-order valence-corrected chi connectivity index (χ3v) is 2.98. The van der Waals surface area contributed by atoms with Crippen molar-refractivity contribution in [2.75, 3.05) is 19.7 Å². The average molecular weight is 210 g/mol. The maximum Gasteiger partial charge on any atom is 0.211 e. The summed E-state index contributed by atoms with van der Waals surface area (Å²) >= 11 is 0. The number of aliphatic hydroxyl groups is 1. The molecule has 2 heterocycles. The molecule has 1 atom stereocenters. The molecule has 84 valence electrons. The monoisotopic (exact) mass is 210 g/mol. The molecule has 1 unspecified atom stereocenters. The summed E-state index contributed by atoms with van der Waals surface area (Å²) in [7, 11) is 0. The Morgan fingerprint density at radius 1 is 1.67 bits per heavy atom. The van der Waals surface area contributed by atoms with E-state index in [2.05, 4.69) is 16.8 Å². The van der Waals surface area contributed by atoms with E-state index in [1.807, 2.05) is 0 Å². The van der Waals surface area contributed by atoms with Gasteiger partial charge in [0.15, 0.2) is 0 Å². The van der Waals surface area contributed by atoms with Gasteiger partial charge in [0.1, 0.15) is 5.76 Å². The second kappa shape index (κ2) is 4.77. The fourth-order valence-electron chi connectivity index (χ4n) is 2.19. The van der Waals surface area contributed by atoms with Crippen LogP contribution in [0.25, 0.3) is 0 Å². The lowest BCUT2D eigenvalue weighted by molar-refractivity contribution is 0.226. The van der Waals surface area contributed by atoms with Crippen molar-refractivity contribution < 1.29 is 9.52 Å². The van der Waals surface area contributed by atoms with Gasteiger partial charge in [-0.2, -0.15) is 0 Å². The van der Waals surface area contributed by atoms with Crippen LogP contribution in [0.15, 0.2) is 10.6 Å². The fraction of sp³-hybridized carbons (Fsp3) is 0.727. The van der Waals surface area contributed by atoms with Gasteiger partial charge in [0, 0.05) is 6.42 Å². The van der Waals surface area contributed by atoms with Gasteiger partial charge in [-0.15, -0.1) is 0 Å². The van der Waals surface area contributed by atoms with Crippen LogP contribution in [0.2, 0.25) is 0 Å². The zero-order chi connectivity index (χ0) is 10.7. The molecule has 1 fully saturated rings. The number of hydrogen-bond donors (Lipinski definition) is 1. The Bertz CT molecular complexity index is 311. The standard InChI is InChI=1S/C11H18N2O2/c1-2-13-6-3-4-10(13)11-12-8-9(15-11)5-7-14/h8,10,14H,2-7H2,1H3. The number of nitrogens with zero attached hydrogens (tertiary/aromatic N) is 2. The van der Waals surface area contributed by atoms with E-state index in [4.69, 9.17) is 9.52 Å². The Morgan fingerprint density at radius 2 is 2.53 bits per heavy atom. The minimum Gasteiger partial charge on any atom is -0.444 e. The highest BCUT2D eigenvalue weighted by molar-refractivity contribution is 5.00. The Balaban J connectivity index is 2.07. The van der Waals surface area contributed by atoms with Crippen LogP contribution in [0, 0.1) is 0 Å². The molecule has 1 aromatic heterocycles. The van der Waals surface area contributed by atoms with Crippen LogP contribution in [-0.2, 0) is 6.42 Å². The lowest BCUT2D eigenvalue weighted by Crippen LogP contribution is -2.22. The molecule has 0 aromatic carbocycles. The first-order chi connectivity index (χ1) is 7.35. The predicted octanol–water partition coefficient (Wildman–Crippen LogP) is 1.37. The van der Waals surface area contributed by atoms with Crippen LogP contribution in [0.4, 0.5) is 0 Å². The summed E-state index contributed by atoms with van der Waals surface area (Å²) < 4.78 is 5.63. The highest BCUT2D eigenvalue weighted by Gasteiger charge is 2.28. The van der Waals surface area contributed by atoms with Gasteiger partial charge < -0.3 is 9.52 Å². The van der Waals surface area contributed by atoms with Crippen LogP contribution in [0.1, 0.15) is 37.5 Å². The predicted molar refractivity (Wildman–Crippen MR) is 56.5 cm³/mol. The average Bonchev–Trinajstić information content (AvgIpc) is 2.84. The normalized spacial score (nSPS) is 22.4. The van der Waals surface area contributed by atoms with Crippen molar-refractivity contribution in [2.45, 2.75) is 32.2 Å². The summed E-state index contributed by atoms with van der Waals surface area (Å²) in [6.45, 7) is 4.47. The van der Waals surface area contributed by atoms with E-state index in [-0.39, 0.29) is 6.61 Å². The van der Waals surface area contributed by atoms with E-state index in [9.17, 15) is 0 Å². The quantitative estimate of drug-likeness (QED) is 0.815. The van der Waals surface area contributed by atoms with E-state index in [1.165, 1.54) is 6.42 Å². The summed E-state index contributed by atoms with van der Waals surface area (Å²) in [6.07, 6.45) is 4.65. The van der Waals surface area contributed by atoms with E-state index >= 15 is 0 Å². The fourth-order valence-corrected chi connectivity index (χ4v) is 2.19. The molecule has 0 amide bonds. The second-order valence-electron chi connectivity index (χ2n) is 3.93. The van der Waals surface area contributed by atoms with Crippen molar-refractivity contribution in [3.63, 3.8) is 0 Å². The highest BCUT2D eigenvalue weighted by atomic mass is 16.4. The summed E-state index contributed by atoms with van der Waals surface area (Å²) in [5.74, 6) is 1.60. The molecule has 2 rings (SSSR count). The number of likely N-dealkylation sites (tertiary alicyclic amines) is 1.